The topological polar surface area (TPSA) is 60.0 Å². The molecule has 26 heavy (non-hydrogen) atoms. The van der Waals surface area contributed by atoms with Crippen molar-refractivity contribution in [3.8, 4) is 17.4 Å². The summed E-state index contributed by atoms with van der Waals surface area (Å²) >= 11 is 3.39. The van der Waals surface area contributed by atoms with Gasteiger partial charge in [0.25, 0.3) is 0 Å². The van der Waals surface area contributed by atoms with Gasteiger partial charge in [0.1, 0.15) is 11.5 Å². The lowest BCUT2D eigenvalue weighted by molar-refractivity contribution is 0.244. The first-order valence-corrected chi connectivity index (χ1v) is 9.18. The van der Waals surface area contributed by atoms with E-state index in [2.05, 4.69) is 35.7 Å². The fraction of sp³-hybridized carbons (Fsp3) is 0.444. The van der Waals surface area contributed by atoms with Crippen molar-refractivity contribution in [1.29, 1.82) is 0 Å². The number of hydrogen-bond donors (Lipinski definition) is 0. The number of piperazine rings is 1. The van der Waals surface area contributed by atoms with Crippen LogP contribution in [0.15, 0.2) is 28.9 Å². The van der Waals surface area contributed by atoms with E-state index in [4.69, 9.17) is 14.2 Å². The largest absolute Gasteiger partial charge is 0.497 e. The Labute approximate surface area is 162 Å². The summed E-state index contributed by atoms with van der Waals surface area (Å²) in [7, 11) is 4.98. The third kappa shape index (κ3) is 4.19. The molecule has 1 fully saturated rings. The predicted octanol–water partition coefficient (Wildman–Crippen LogP) is 2.59. The lowest BCUT2D eigenvalue weighted by atomic mass is 10.1. The smallest absolute Gasteiger partial charge is 0.232 e. The SMILES string of the molecule is COc1ccc(OC)c(CN2CCN(c3ncc(Br)c(OC)n3)CC2)c1. The van der Waals surface area contributed by atoms with E-state index in [1.807, 2.05) is 18.2 Å². The molecule has 0 atom stereocenters. The highest BCUT2D eigenvalue weighted by Crippen LogP contribution is 2.27. The number of ether oxygens (including phenoxy) is 3. The Bertz CT molecular complexity index is 751. The number of benzene rings is 1. The molecule has 7 nitrogen and oxygen atoms in total. The highest BCUT2D eigenvalue weighted by atomic mass is 79.9. The summed E-state index contributed by atoms with van der Waals surface area (Å²) < 4.78 is 16.8. The third-order valence-electron chi connectivity index (χ3n) is 4.43. The monoisotopic (exact) mass is 422 g/mol. The molecule has 0 unspecified atom stereocenters. The van der Waals surface area contributed by atoms with Crippen LogP contribution in [0.5, 0.6) is 17.4 Å². The molecule has 0 radical (unpaired) electrons. The molecule has 8 heteroatoms. The van der Waals surface area contributed by atoms with Crippen molar-refractivity contribution in [1.82, 2.24) is 14.9 Å². The van der Waals surface area contributed by atoms with Crippen LogP contribution in [0, 0.1) is 0 Å². The number of aromatic nitrogens is 2. The van der Waals surface area contributed by atoms with Crippen LogP contribution in [0.25, 0.3) is 0 Å². The number of methoxy groups -OCH3 is 3. The second kappa shape index (κ2) is 8.55. The molecule has 0 aliphatic carbocycles. The van der Waals surface area contributed by atoms with Gasteiger partial charge in [-0.3, -0.25) is 4.90 Å². The second-order valence-electron chi connectivity index (χ2n) is 5.97. The van der Waals surface area contributed by atoms with Crippen molar-refractivity contribution in [2.75, 3.05) is 52.4 Å². The summed E-state index contributed by atoms with van der Waals surface area (Å²) in [6.07, 6.45) is 1.73. The molecule has 2 aromatic rings. The Hall–Kier alpha value is -2.06. The van der Waals surface area contributed by atoms with Crippen molar-refractivity contribution >= 4 is 21.9 Å². The summed E-state index contributed by atoms with van der Waals surface area (Å²) in [6, 6.07) is 5.90. The number of halogens is 1. The van der Waals surface area contributed by atoms with Crippen LogP contribution in [-0.4, -0.2) is 62.4 Å². The number of rotatable bonds is 6. The zero-order chi connectivity index (χ0) is 18.5. The minimum Gasteiger partial charge on any atom is -0.497 e. The maximum Gasteiger partial charge on any atom is 0.232 e. The molecule has 0 spiro atoms. The summed E-state index contributed by atoms with van der Waals surface area (Å²) in [6.45, 7) is 4.37. The molecule has 1 aliphatic rings. The Kier molecular flexibility index (Phi) is 6.16. The van der Waals surface area contributed by atoms with Crippen molar-refractivity contribution < 1.29 is 14.2 Å². The Balaban J connectivity index is 1.64. The van der Waals surface area contributed by atoms with Gasteiger partial charge in [0, 0.05) is 38.3 Å². The van der Waals surface area contributed by atoms with E-state index in [-0.39, 0.29) is 0 Å². The van der Waals surface area contributed by atoms with Crippen molar-refractivity contribution in [3.63, 3.8) is 0 Å². The Morgan fingerprint density at radius 3 is 2.46 bits per heavy atom. The normalized spacial score (nSPS) is 15.0. The van der Waals surface area contributed by atoms with Crippen LogP contribution < -0.4 is 19.1 Å². The summed E-state index contributed by atoms with van der Waals surface area (Å²) in [5, 5.41) is 0. The van der Waals surface area contributed by atoms with Gasteiger partial charge >= 0.3 is 0 Å². The molecular weight excluding hydrogens is 400 g/mol. The van der Waals surface area contributed by atoms with Crippen LogP contribution in [0.2, 0.25) is 0 Å². The van der Waals surface area contributed by atoms with Gasteiger partial charge < -0.3 is 19.1 Å². The average Bonchev–Trinajstić information content (AvgIpc) is 2.69. The fourth-order valence-corrected chi connectivity index (χ4v) is 3.34. The van der Waals surface area contributed by atoms with E-state index >= 15 is 0 Å². The van der Waals surface area contributed by atoms with Gasteiger partial charge in [-0.2, -0.15) is 4.98 Å². The summed E-state index contributed by atoms with van der Waals surface area (Å²) in [4.78, 5) is 13.4. The van der Waals surface area contributed by atoms with Crippen LogP contribution >= 0.6 is 15.9 Å². The minimum absolute atomic E-state index is 0.554. The van der Waals surface area contributed by atoms with Gasteiger partial charge in [0.15, 0.2) is 0 Å². The van der Waals surface area contributed by atoms with E-state index in [0.29, 0.717) is 11.8 Å². The van der Waals surface area contributed by atoms with Crippen LogP contribution in [0.3, 0.4) is 0 Å². The lowest BCUT2D eigenvalue weighted by Gasteiger charge is -2.35. The first kappa shape index (κ1) is 18.7. The Morgan fingerprint density at radius 2 is 1.81 bits per heavy atom. The summed E-state index contributed by atoms with van der Waals surface area (Å²) in [5.74, 6) is 2.98. The highest BCUT2D eigenvalue weighted by molar-refractivity contribution is 9.10. The lowest BCUT2D eigenvalue weighted by Crippen LogP contribution is -2.46. The molecule has 0 amide bonds. The molecule has 3 rings (SSSR count). The van der Waals surface area contributed by atoms with Gasteiger partial charge in [0.05, 0.1) is 32.0 Å². The van der Waals surface area contributed by atoms with Crippen molar-refractivity contribution in [2.24, 2.45) is 0 Å². The van der Waals surface area contributed by atoms with Crippen LogP contribution in [-0.2, 0) is 6.54 Å². The van der Waals surface area contributed by atoms with Gasteiger partial charge in [-0.1, -0.05) is 0 Å². The zero-order valence-corrected chi connectivity index (χ0v) is 16.8. The minimum atomic E-state index is 0.554. The molecular formula is C18H23BrN4O3. The van der Waals surface area contributed by atoms with Crippen LogP contribution in [0.4, 0.5) is 5.95 Å². The molecule has 0 N–H and O–H groups in total. The summed E-state index contributed by atoms with van der Waals surface area (Å²) in [5.41, 5.74) is 1.13. The molecule has 0 bridgehead atoms. The maximum atomic E-state index is 5.48. The molecule has 1 aromatic heterocycles. The van der Waals surface area contributed by atoms with Gasteiger partial charge in [0.2, 0.25) is 11.8 Å². The molecule has 0 saturated carbocycles. The predicted molar refractivity (Wildman–Crippen MR) is 103 cm³/mol. The van der Waals surface area contributed by atoms with Gasteiger partial charge in [-0.15, -0.1) is 0 Å². The zero-order valence-electron chi connectivity index (χ0n) is 15.2. The van der Waals surface area contributed by atoms with Crippen LogP contribution in [0.1, 0.15) is 5.56 Å². The van der Waals surface area contributed by atoms with Gasteiger partial charge in [-0.25, -0.2) is 4.98 Å². The van der Waals surface area contributed by atoms with Crippen molar-refractivity contribution in [3.05, 3.63) is 34.4 Å². The molecule has 2 heterocycles. The Morgan fingerprint density at radius 1 is 1.04 bits per heavy atom. The standard InChI is InChI=1S/C18H23BrN4O3/c1-24-14-4-5-16(25-2)13(10-14)12-22-6-8-23(9-7-22)18-20-11-15(19)17(21-18)26-3/h4-5,10-11H,6-9,12H2,1-3H3. The highest BCUT2D eigenvalue weighted by Gasteiger charge is 2.21. The average molecular weight is 423 g/mol. The van der Waals surface area contributed by atoms with E-state index in [0.717, 1.165) is 54.3 Å². The van der Waals surface area contributed by atoms with E-state index in [1.165, 1.54) is 0 Å². The quantitative estimate of drug-likeness (QED) is 0.708. The van der Waals surface area contributed by atoms with E-state index < -0.39 is 0 Å². The van der Waals surface area contributed by atoms with Gasteiger partial charge in [-0.05, 0) is 34.1 Å². The molecule has 1 saturated heterocycles. The molecule has 1 aliphatic heterocycles. The van der Waals surface area contributed by atoms with E-state index in [1.54, 1.807) is 27.5 Å². The number of hydrogen-bond acceptors (Lipinski definition) is 7. The number of anilines is 1. The first-order valence-electron chi connectivity index (χ1n) is 8.39. The molecule has 1 aromatic carbocycles. The van der Waals surface area contributed by atoms with E-state index in [9.17, 15) is 0 Å². The fourth-order valence-electron chi connectivity index (χ4n) is 2.99. The number of nitrogens with zero attached hydrogens (tertiary/aromatic N) is 4. The molecule has 140 valence electrons. The maximum absolute atomic E-state index is 5.48. The first-order chi connectivity index (χ1) is 12.6. The third-order valence-corrected chi connectivity index (χ3v) is 4.97. The van der Waals surface area contributed by atoms with Crippen molar-refractivity contribution in [2.45, 2.75) is 6.54 Å². The second-order valence-corrected chi connectivity index (χ2v) is 6.82.